The molecule has 0 fully saturated rings. The van der Waals surface area contributed by atoms with Crippen molar-refractivity contribution in [2.45, 2.75) is 6.92 Å². The SMILES string of the molecule is Cc1nc2sccn2c1C=CC=O. The van der Waals surface area contributed by atoms with E-state index in [-0.39, 0.29) is 0 Å². The molecular formula is C9H8N2OS. The Balaban J connectivity index is 2.63. The molecule has 0 N–H and O–H groups in total. The number of nitrogens with zero attached hydrogens (tertiary/aromatic N) is 2. The smallest absolute Gasteiger partial charge is 0.194 e. The van der Waals surface area contributed by atoms with Crippen molar-refractivity contribution in [1.29, 1.82) is 0 Å². The quantitative estimate of drug-likeness (QED) is 0.538. The monoisotopic (exact) mass is 192 g/mol. The summed E-state index contributed by atoms with van der Waals surface area (Å²) in [5, 5.41) is 1.97. The molecule has 0 aliphatic carbocycles. The fourth-order valence-electron chi connectivity index (χ4n) is 1.24. The molecule has 0 saturated carbocycles. The predicted octanol–water partition coefficient (Wildman–Crippen LogP) is 1.92. The Bertz CT molecular complexity index is 467. The van der Waals surface area contributed by atoms with E-state index in [0.717, 1.165) is 22.6 Å². The van der Waals surface area contributed by atoms with Gasteiger partial charge in [-0.2, -0.15) is 0 Å². The molecular weight excluding hydrogens is 184 g/mol. The summed E-state index contributed by atoms with van der Waals surface area (Å²) in [6, 6.07) is 0. The second-order valence-corrected chi connectivity index (χ2v) is 3.51. The van der Waals surface area contributed by atoms with Crippen LogP contribution in [0.3, 0.4) is 0 Å². The first-order valence-corrected chi connectivity index (χ1v) is 4.75. The van der Waals surface area contributed by atoms with Crippen LogP contribution in [0.25, 0.3) is 11.0 Å². The number of allylic oxidation sites excluding steroid dienone is 1. The summed E-state index contributed by atoms with van der Waals surface area (Å²) in [7, 11) is 0. The zero-order valence-corrected chi connectivity index (χ0v) is 7.91. The standard InChI is InChI=1S/C9H8N2OS/c1-7-8(3-2-5-12)11-4-6-13-9(11)10-7/h2-6H,1H3. The maximum absolute atomic E-state index is 10.2. The number of carbonyl (C=O) groups is 1. The third kappa shape index (κ3) is 1.29. The molecule has 0 aliphatic rings. The second kappa shape index (κ2) is 3.14. The molecule has 0 aromatic carbocycles. The Hall–Kier alpha value is -1.42. The van der Waals surface area contributed by atoms with Gasteiger partial charge in [0.1, 0.15) is 6.29 Å². The van der Waals surface area contributed by atoms with Crippen molar-refractivity contribution in [3.8, 4) is 0 Å². The topological polar surface area (TPSA) is 34.4 Å². The normalized spacial score (nSPS) is 11.5. The molecule has 2 aromatic rings. The number of imidazole rings is 1. The van der Waals surface area contributed by atoms with Gasteiger partial charge in [0, 0.05) is 11.6 Å². The minimum absolute atomic E-state index is 0.769. The summed E-state index contributed by atoms with van der Waals surface area (Å²) >= 11 is 1.59. The first-order chi connectivity index (χ1) is 6.33. The highest BCUT2D eigenvalue weighted by Gasteiger charge is 2.05. The average molecular weight is 192 g/mol. The van der Waals surface area contributed by atoms with Crippen molar-refractivity contribution >= 4 is 28.7 Å². The minimum Gasteiger partial charge on any atom is -0.299 e. The predicted molar refractivity (Wildman–Crippen MR) is 52.9 cm³/mol. The molecule has 66 valence electrons. The molecule has 13 heavy (non-hydrogen) atoms. The van der Waals surface area contributed by atoms with Gasteiger partial charge in [0.2, 0.25) is 0 Å². The van der Waals surface area contributed by atoms with Crippen LogP contribution in [0.15, 0.2) is 17.7 Å². The Morgan fingerprint density at radius 3 is 3.23 bits per heavy atom. The van der Waals surface area contributed by atoms with Gasteiger partial charge >= 0.3 is 0 Å². The summed E-state index contributed by atoms with van der Waals surface area (Å²) in [6.07, 6.45) is 5.97. The van der Waals surface area contributed by atoms with Gasteiger partial charge in [-0.05, 0) is 19.1 Å². The van der Waals surface area contributed by atoms with Crippen LogP contribution in [0.5, 0.6) is 0 Å². The summed E-state index contributed by atoms with van der Waals surface area (Å²) in [4.78, 5) is 15.5. The van der Waals surface area contributed by atoms with Crippen molar-refractivity contribution in [1.82, 2.24) is 9.38 Å². The number of aromatic nitrogens is 2. The first kappa shape index (κ1) is 8.19. The maximum Gasteiger partial charge on any atom is 0.194 e. The average Bonchev–Trinajstić information content (AvgIpc) is 2.62. The van der Waals surface area contributed by atoms with Crippen molar-refractivity contribution in [2.24, 2.45) is 0 Å². The van der Waals surface area contributed by atoms with E-state index in [4.69, 9.17) is 0 Å². The summed E-state index contributed by atoms with van der Waals surface area (Å²) < 4.78 is 1.97. The van der Waals surface area contributed by atoms with Gasteiger partial charge in [-0.15, -0.1) is 11.3 Å². The van der Waals surface area contributed by atoms with Gasteiger partial charge in [-0.25, -0.2) is 4.98 Å². The van der Waals surface area contributed by atoms with Gasteiger partial charge in [0.15, 0.2) is 4.96 Å². The van der Waals surface area contributed by atoms with Gasteiger partial charge in [-0.3, -0.25) is 9.20 Å². The van der Waals surface area contributed by atoms with Crippen LogP contribution in [0.4, 0.5) is 0 Å². The number of aldehydes is 1. The molecule has 0 radical (unpaired) electrons. The van der Waals surface area contributed by atoms with E-state index in [9.17, 15) is 4.79 Å². The molecule has 3 nitrogen and oxygen atoms in total. The van der Waals surface area contributed by atoms with E-state index in [1.54, 1.807) is 17.4 Å². The number of hydrogen-bond donors (Lipinski definition) is 0. The molecule has 0 unspecified atom stereocenters. The number of carbonyl (C=O) groups excluding carboxylic acids is 1. The molecule has 4 heteroatoms. The third-order valence-corrected chi connectivity index (χ3v) is 2.57. The summed E-state index contributed by atoms with van der Waals surface area (Å²) in [6.45, 7) is 1.93. The Labute approximate surface area is 79.3 Å². The lowest BCUT2D eigenvalue weighted by molar-refractivity contribution is -0.104. The minimum atomic E-state index is 0.769. The molecule has 0 saturated heterocycles. The van der Waals surface area contributed by atoms with Gasteiger partial charge in [-0.1, -0.05) is 0 Å². The fourth-order valence-corrected chi connectivity index (χ4v) is 2.01. The Kier molecular flexibility index (Phi) is 1.98. The van der Waals surface area contributed by atoms with Crippen molar-refractivity contribution in [2.75, 3.05) is 0 Å². The zero-order chi connectivity index (χ0) is 9.26. The van der Waals surface area contributed by atoms with Crippen molar-refractivity contribution < 1.29 is 4.79 Å². The largest absolute Gasteiger partial charge is 0.299 e. The third-order valence-electron chi connectivity index (χ3n) is 1.82. The highest BCUT2D eigenvalue weighted by molar-refractivity contribution is 7.15. The van der Waals surface area contributed by atoms with Gasteiger partial charge < -0.3 is 0 Å². The van der Waals surface area contributed by atoms with Crippen LogP contribution in [-0.4, -0.2) is 15.7 Å². The highest BCUT2D eigenvalue weighted by atomic mass is 32.1. The Morgan fingerprint density at radius 1 is 1.62 bits per heavy atom. The van der Waals surface area contributed by atoms with Crippen LogP contribution in [0.1, 0.15) is 11.4 Å². The van der Waals surface area contributed by atoms with E-state index in [0.29, 0.717) is 0 Å². The molecule has 0 bridgehead atoms. The van der Waals surface area contributed by atoms with Crippen LogP contribution in [0, 0.1) is 6.92 Å². The lowest BCUT2D eigenvalue weighted by Gasteiger charge is -1.89. The lowest BCUT2D eigenvalue weighted by Crippen LogP contribution is -1.82. The number of fused-ring (bicyclic) bond motifs is 1. The first-order valence-electron chi connectivity index (χ1n) is 3.87. The van der Waals surface area contributed by atoms with Crippen LogP contribution in [0.2, 0.25) is 0 Å². The fraction of sp³-hybridized carbons (Fsp3) is 0.111. The second-order valence-electron chi connectivity index (χ2n) is 2.63. The van der Waals surface area contributed by atoms with E-state index >= 15 is 0 Å². The lowest BCUT2D eigenvalue weighted by atomic mass is 10.3. The highest BCUT2D eigenvalue weighted by Crippen LogP contribution is 2.17. The number of rotatable bonds is 2. The summed E-state index contributed by atoms with van der Waals surface area (Å²) in [5.74, 6) is 0. The van der Waals surface area contributed by atoms with Crippen LogP contribution in [-0.2, 0) is 4.79 Å². The van der Waals surface area contributed by atoms with Gasteiger partial charge in [0.25, 0.3) is 0 Å². The van der Waals surface area contributed by atoms with E-state index < -0.39 is 0 Å². The molecule has 0 aliphatic heterocycles. The number of thiazole rings is 1. The van der Waals surface area contributed by atoms with Crippen LogP contribution >= 0.6 is 11.3 Å². The molecule has 2 rings (SSSR count). The molecule has 0 spiro atoms. The van der Waals surface area contributed by atoms with Crippen molar-refractivity contribution in [3.05, 3.63) is 29.0 Å². The maximum atomic E-state index is 10.2. The molecule has 0 atom stereocenters. The number of hydrogen-bond acceptors (Lipinski definition) is 3. The molecule has 0 amide bonds. The zero-order valence-electron chi connectivity index (χ0n) is 7.10. The number of aryl methyl sites for hydroxylation is 1. The van der Waals surface area contributed by atoms with E-state index in [1.807, 2.05) is 22.9 Å². The Morgan fingerprint density at radius 2 is 2.46 bits per heavy atom. The van der Waals surface area contributed by atoms with E-state index in [2.05, 4.69) is 4.98 Å². The molecule has 2 heterocycles. The summed E-state index contributed by atoms with van der Waals surface area (Å²) in [5.41, 5.74) is 1.92. The van der Waals surface area contributed by atoms with E-state index in [1.165, 1.54) is 6.08 Å². The van der Waals surface area contributed by atoms with Crippen molar-refractivity contribution in [3.63, 3.8) is 0 Å². The van der Waals surface area contributed by atoms with Crippen LogP contribution < -0.4 is 0 Å². The van der Waals surface area contributed by atoms with Gasteiger partial charge in [0.05, 0.1) is 11.4 Å². The molecule has 2 aromatic heterocycles.